The Bertz CT molecular complexity index is 1300. The number of thiazole rings is 1. The maximum atomic E-state index is 12.5. The van der Waals surface area contributed by atoms with E-state index in [1.807, 2.05) is 32.0 Å². The van der Waals surface area contributed by atoms with Gasteiger partial charge in [-0.05, 0) is 38.0 Å². The minimum absolute atomic E-state index is 0.182. The summed E-state index contributed by atoms with van der Waals surface area (Å²) >= 11 is 1.39. The van der Waals surface area contributed by atoms with E-state index in [-0.39, 0.29) is 17.9 Å². The second-order valence-corrected chi connectivity index (χ2v) is 7.90. The average molecular weight is 411 g/mol. The fraction of sp³-hybridized carbons (Fsp3) is 0.300. The second-order valence-electron chi connectivity index (χ2n) is 6.86. The van der Waals surface area contributed by atoms with Crippen LogP contribution in [0.1, 0.15) is 23.2 Å². The van der Waals surface area contributed by atoms with Gasteiger partial charge in [-0.1, -0.05) is 17.4 Å². The van der Waals surface area contributed by atoms with Crippen LogP contribution in [0.15, 0.2) is 23.0 Å². The third-order valence-electron chi connectivity index (χ3n) is 5.01. The summed E-state index contributed by atoms with van der Waals surface area (Å²) in [7, 11) is 3.39. The summed E-state index contributed by atoms with van der Waals surface area (Å²) in [5, 5.41) is 8.64. The number of carbonyl (C=O) groups is 1. The van der Waals surface area contributed by atoms with Crippen molar-refractivity contribution >= 4 is 43.6 Å². The van der Waals surface area contributed by atoms with Crippen LogP contribution in [0.4, 0.5) is 5.13 Å². The molecule has 9 heteroatoms. The molecule has 150 valence electrons. The van der Waals surface area contributed by atoms with E-state index in [4.69, 9.17) is 4.74 Å². The van der Waals surface area contributed by atoms with Crippen LogP contribution >= 0.6 is 11.3 Å². The molecule has 29 heavy (non-hydrogen) atoms. The summed E-state index contributed by atoms with van der Waals surface area (Å²) in [6.45, 7) is 3.81. The van der Waals surface area contributed by atoms with Crippen LogP contribution in [0.3, 0.4) is 0 Å². The van der Waals surface area contributed by atoms with Gasteiger partial charge >= 0.3 is 0 Å². The molecule has 0 radical (unpaired) electrons. The quantitative estimate of drug-likeness (QED) is 0.525. The number of fused-ring (bicyclic) bond motifs is 2. The van der Waals surface area contributed by atoms with Gasteiger partial charge in [0, 0.05) is 24.4 Å². The number of aromatic nitrogens is 4. The highest BCUT2D eigenvalue weighted by Crippen LogP contribution is 2.32. The number of ether oxygens (including phenoxy) is 1. The van der Waals surface area contributed by atoms with Crippen molar-refractivity contribution in [3.63, 3.8) is 0 Å². The molecule has 0 fully saturated rings. The molecule has 0 bridgehead atoms. The summed E-state index contributed by atoms with van der Waals surface area (Å²) in [5.74, 6) is 0.478. The highest BCUT2D eigenvalue weighted by molar-refractivity contribution is 7.22. The molecule has 0 spiro atoms. The third kappa shape index (κ3) is 3.38. The molecular weight excluding hydrogens is 390 g/mol. The van der Waals surface area contributed by atoms with Crippen molar-refractivity contribution in [3.8, 4) is 5.75 Å². The summed E-state index contributed by atoms with van der Waals surface area (Å²) in [6, 6.07) is 5.65. The van der Waals surface area contributed by atoms with E-state index in [1.165, 1.54) is 11.3 Å². The first kappa shape index (κ1) is 19.1. The van der Waals surface area contributed by atoms with Gasteiger partial charge in [-0.25, -0.2) is 4.98 Å². The van der Waals surface area contributed by atoms with Crippen LogP contribution in [0, 0.1) is 13.8 Å². The first-order chi connectivity index (χ1) is 13.9. The third-order valence-corrected chi connectivity index (χ3v) is 5.94. The number of rotatable bonds is 5. The maximum absolute atomic E-state index is 12.5. The Labute approximate surface area is 170 Å². The molecule has 3 heterocycles. The second kappa shape index (κ2) is 7.32. The number of amides is 1. The van der Waals surface area contributed by atoms with Crippen LogP contribution in [0.5, 0.6) is 5.75 Å². The zero-order valence-electron chi connectivity index (χ0n) is 16.6. The van der Waals surface area contributed by atoms with E-state index in [0.29, 0.717) is 28.5 Å². The number of carbonyl (C=O) groups excluding carboxylic acids is 1. The topological polar surface area (TPSA) is 102 Å². The predicted octanol–water partition coefficient (Wildman–Crippen LogP) is 3.07. The SMILES string of the molecule is COc1cccc2sc(NC(=O)CCc3c(C)c4c(C)nn(C)c4[nH]c3=O)nc12. The minimum atomic E-state index is -0.190. The van der Waals surface area contributed by atoms with E-state index in [1.54, 1.807) is 18.8 Å². The number of nitrogens with zero attached hydrogens (tertiary/aromatic N) is 3. The van der Waals surface area contributed by atoms with Gasteiger partial charge in [-0.15, -0.1) is 0 Å². The van der Waals surface area contributed by atoms with Gasteiger partial charge in [-0.3, -0.25) is 14.3 Å². The van der Waals surface area contributed by atoms with Gasteiger partial charge in [0.15, 0.2) is 5.13 Å². The van der Waals surface area contributed by atoms with Crippen molar-refractivity contribution in [2.24, 2.45) is 7.05 Å². The first-order valence-corrected chi connectivity index (χ1v) is 9.99. The number of nitrogens with one attached hydrogen (secondary N) is 2. The molecule has 0 aliphatic carbocycles. The molecule has 0 aliphatic heterocycles. The Morgan fingerprint density at radius 3 is 2.90 bits per heavy atom. The number of aryl methyl sites for hydroxylation is 3. The molecule has 0 unspecified atom stereocenters. The van der Waals surface area contributed by atoms with E-state index in [9.17, 15) is 9.59 Å². The van der Waals surface area contributed by atoms with Crippen LogP contribution in [-0.2, 0) is 18.3 Å². The van der Waals surface area contributed by atoms with Crippen molar-refractivity contribution in [1.82, 2.24) is 19.7 Å². The summed E-state index contributed by atoms with van der Waals surface area (Å²) < 4.78 is 7.91. The lowest BCUT2D eigenvalue weighted by Crippen LogP contribution is -2.19. The fourth-order valence-electron chi connectivity index (χ4n) is 3.62. The Kier molecular flexibility index (Phi) is 4.83. The number of para-hydroxylation sites is 1. The molecule has 0 saturated carbocycles. The van der Waals surface area contributed by atoms with Crippen molar-refractivity contribution in [1.29, 1.82) is 0 Å². The van der Waals surface area contributed by atoms with Gasteiger partial charge in [0.25, 0.3) is 5.56 Å². The smallest absolute Gasteiger partial charge is 0.253 e. The summed E-state index contributed by atoms with van der Waals surface area (Å²) in [4.78, 5) is 32.3. The van der Waals surface area contributed by atoms with Crippen LogP contribution < -0.4 is 15.6 Å². The predicted molar refractivity (Wildman–Crippen MR) is 114 cm³/mol. The lowest BCUT2D eigenvalue weighted by molar-refractivity contribution is -0.116. The normalized spacial score (nSPS) is 11.3. The van der Waals surface area contributed by atoms with Crippen LogP contribution in [0.25, 0.3) is 21.3 Å². The highest BCUT2D eigenvalue weighted by Gasteiger charge is 2.17. The molecule has 1 amide bonds. The van der Waals surface area contributed by atoms with E-state index in [0.717, 1.165) is 26.9 Å². The van der Waals surface area contributed by atoms with E-state index >= 15 is 0 Å². The van der Waals surface area contributed by atoms with Crippen LogP contribution in [-0.4, -0.2) is 32.8 Å². The Balaban J connectivity index is 1.53. The van der Waals surface area contributed by atoms with Gasteiger partial charge in [0.1, 0.15) is 16.9 Å². The van der Waals surface area contributed by atoms with Gasteiger partial charge in [0.2, 0.25) is 5.91 Å². The van der Waals surface area contributed by atoms with Crippen molar-refractivity contribution in [3.05, 3.63) is 45.4 Å². The summed E-state index contributed by atoms with van der Waals surface area (Å²) in [6.07, 6.45) is 0.521. The molecule has 0 saturated heterocycles. The number of anilines is 1. The molecule has 0 atom stereocenters. The number of pyridine rings is 1. The Morgan fingerprint density at radius 1 is 1.34 bits per heavy atom. The Morgan fingerprint density at radius 2 is 2.14 bits per heavy atom. The lowest BCUT2D eigenvalue weighted by Gasteiger charge is -2.07. The molecule has 4 aromatic rings. The number of aromatic amines is 1. The number of hydrogen-bond donors (Lipinski definition) is 2. The molecule has 4 rings (SSSR count). The number of hydrogen-bond acceptors (Lipinski definition) is 6. The Hall–Kier alpha value is -3.20. The zero-order chi connectivity index (χ0) is 20.7. The summed E-state index contributed by atoms with van der Waals surface area (Å²) in [5.41, 5.74) is 3.56. The standard InChI is InChI=1S/C20H21N5O3S/c1-10-12(19(27)23-18-16(10)11(2)24-25(18)3)8-9-15(26)21-20-22-17-13(28-4)6-5-7-14(17)29-20/h5-7H,8-9H2,1-4H3,(H,23,27)(H,21,22,26). The molecule has 3 aromatic heterocycles. The number of H-pyrrole nitrogens is 1. The minimum Gasteiger partial charge on any atom is -0.494 e. The molecule has 0 aliphatic rings. The largest absolute Gasteiger partial charge is 0.494 e. The van der Waals surface area contributed by atoms with E-state index in [2.05, 4.69) is 20.4 Å². The van der Waals surface area contributed by atoms with Gasteiger partial charge in [-0.2, -0.15) is 5.10 Å². The average Bonchev–Trinajstić information content (AvgIpc) is 3.21. The first-order valence-electron chi connectivity index (χ1n) is 9.17. The monoisotopic (exact) mass is 411 g/mol. The number of methoxy groups -OCH3 is 1. The molecule has 1 aromatic carbocycles. The van der Waals surface area contributed by atoms with Crippen molar-refractivity contribution in [2.75, 3.05) is 12.4 Å². The van der Waals surface area contributed by atoms with E-state index < -0.39 is 0 Å². The van der Waals surface area contributed by atoms with Crippen molar-refractivity contribution < 1.29 is 9.53 Å². The number of benzene rings is 1. The lowest BCUT2D eigenvalue weighted by atomic mass is 10.0. The molecular formula is C20H21N5O3S. The fourth-order valence-corrected chi connectivity index (χ4v) is 4.52. The van der Waals surface area contributed by atoms with Gasteiger partial charge < -0.3 is 15.0 Å². The molecule has 8 nitrogen and oxygen atoms in total. The van der Waals surface area contributed by atoms with Crippen molar-refractivity contribution in [2.45, 2.75) is 26.7 Å². The van der Waals surface area contributed by atoms with Crippen LogP contribution in [0.2, 0.25) is 0 Å². The zero-order valence-corrected chi connectivity index (χ0v) is 17.4. The van der Waals surface area contributed by atoms with Gasteiger partial charge in [0.05, 0.1) is 17.5 Å². The highest BCUT2D eigenvalue weighted by atomic mass is 32.1. The molecule has 2 N–H and O–H groups in total. The maximum Gasteiger partial charge on any atom is 0.253 e.